The minimum Gasteiger partial charge on any atom is -0.360 e. The third kappa shape index (κ3) is 4.68. The quantitative estimate of drug-likeness (QED) is 0.448. The smallest absolute Gasteiger partial charge is 0.252 e. The molecule has 130 valence electrons. The van der Waals surface area contributed by atoms with Gasteiger partial charge in [0, 0.05) is 25.1 Å². The summed E-state index contributed by atoms with van der Waals surface area (Å²) in [5, 5.41) is 5.62. The van der Waals surface area contributed by atoms with Crippen molar-refractivity contribution in [3.05, 3.63) is 40.6 Å². The van der Waals surface area contributed by atoms with Crippen LogP contribution >= 0.6 is 11.6 Å². The summed E-state index contributed by atoms with van der Waals surface area (Å²) in [7, 11) is 1.51. The van der Waals surface area contributed by atoms with Crippen LogP contribution in [0.2, 0.25) is 5.02 Å². The zero-order chi connectivity index (χ0) is 18.4. The summed E-state index contributed by atoms with van der Waals surface area (Å²) in [6, 6.07) is 4.93. The van der Waals surface area contributed by atoms with Crippen LogP contribution in [0.1, 0.15) is 38.1 Å². The van der Waals surface area contributed by atoms with Crippen LogP contribution in [-0.4, -0.2) is 24.5 Å². The molecule has 0 heterocycles. The first-order valence-corrected chi connectivity index (χ1v) is 8.14. The molecule has 2 N–H and O–H groups in total. The van der Waals surface area contributed by atoms with Crippen LogP contribution in [-0.2, 0) is 9.59 Å². The number of nitrogens with one attached hydrogen (secondary N) is 2. The van der Waals surface area contributed by atoms with Crippen LogP contribution < -0.4 is 10.6 Å². The van der Waals surface area contributed by atoms with Crippen LogP contribution in [0.4, 0.5) is 5.69 Å². The number of benzene rings is 1. The Morgan fingerprint density at radius 2 is 1.58 bits per heavy atom. The summed E-state index contributed by atoms with van der Waals surface area (Å²) in [6.07, 6.45) is 1.37. The molecule has 1 rings (SSSR count). The Morgan fingerprint density at radius 1 is 1.04 bits per heavy atom. The lowest BCUT2D eigenvalue weighted by atomic mass is 9.93. The van der Waals surface area contributed by atoms with Crippen LogP contribution in [0.3, 0.4) is 0 Å². The topological polar surface area (TPSA) is 75.3 Å². The predicted molar refractivity (Wildman–Crippen MR) is 96.2 cm³/mol. The van der Waals surface area contributed by atoms with E-state index in [-0.39, 0.29) is 39.9 Å². The normalized spacial score (nSPS) is 10.5. The third-order valence-electron chi connectivity index (χ3n) is 3.42. The molecule has 0 spiro atoms. The lowest BCUT2D eigenvalue weighted by Crippen LogP contribution is -2.22. The van der Waals surface area contributed by atoms with Gasteiger partial charge in [-0.05, 0) is 12.1 Å². The Hall–Kier alpha value is -2.14. The number of rotatable bonds is 7. The highest BCUT2D eigenvalue weighted by molar-refractivity contribution is 6.36. The predicted octanol–water partition coefficient (Wildman–Crippen LogP) is 3.45. The molecule has 0 radical (unpaired) electrons. The van der Waals surface area contributed by atoms with Gasteiger partial charge in [-0.15, -0.1) is 0 Å². The molecule has 0 saturated carbocycles. The molecule has 1 aromatic rings. The number of anilines is 1. The molecule has 0 fully saturated rings. The van der Waals surface area contributed by atoms with Crippen molar-refractivity contribution in [2.75, 3.05) is 12.4 Å². The van der Waals surface area contributed by atoms with Crippen molar-refractivity contribution in [1.82, 2.24) is 5.32 Å². The third-order valence-corrected chi connectivity index (χ3v) is 3.83. The average Bonchev–Trinajstić information content (AvgIpc) is 2.54. The second-order valence-corrected chi connectivity index (χ2v) is 6.36. The van der Waals surface area contributed by atoms with Gasteiger partial charge in [-0.1, -0.05) is 45.4 Å². The Kier molecular flexibility index (Phi) is 7.17. The van der Waals surface area contributed by atoms with E-state index in [2.05, 4.69) is 10.6 Å². The minimum absolute atomic E-state index is 0.0985. The van der Waals surface area contributed by atoms with Gasteiger partial charge in [-0.2, -0.15) is 0 Å². The fraction of sp³-hybridized carbons (Fsp3) is 0.389. The maximum atomic E-state index is 12.3. The molecule has 0 bridgehead atoms. The van der Waals surface area contributed by atoms with E-state index in [4.69, 9.17) is 11.6 Å². The van der Waals surface area contributed by atoms with Crippen LogP contribution in [0.15, 0.2) is 30.0 Å². The molecule has 0 aliphatic heterocycles. The van der Waals surface area contributed by atoms with Crippen LogP contribution in [0.5, 0.6) is 0 Å². The van der Waals surface area contributed by atoms with Crippen molar-refractivity contribution in [3.63, 3.8) is 0 Å². The number of carbonyl (C=O) groups is 3. The number of hydrogen-bond donors (Lipinski definition) is 2. The van der Waals surface area contributed by atoms with Crippen molar-refractivity contribution in [1.29, 1.82) is 0 Å². The van der Waals surface area contributed by atoms with Gasteiger partial charge in [-0.25, -0.2) is 0 Å². The SMILES string of the molecule is CNC(=O)c1cccc(NC=C(C(=O)C(C)C)C(=O)C(C)C)c1Cl. The van der Waals surface area contributed by atoms with Gasteiger partial charge in [0.15, 0.2) is 11.6 Å². The van der Waals surface area contributed by atoms with E-state index in [0.717, 1.165) is 0 Å². The van der Waals surface area contributed by atoms with Crippen LogP contribution in [0, 0.1) is 11.8 Å². The van der Waals surface area contributed by atoms with Gasteiger partial charge in [-0.3, -0.25) is 14.4 Å². The fourth-order valence-corrected chi connectivity index (χ4v) is 2.26. The zero-order valence-electron chi connectivity index (χ0n) is 14.6. The zero-order valence-corrected chi connectivity index (χ0v) is 15.3. The fourth-order valence-electron chi connectivity index (χ4n) is 1.99. The number of Topliss-reactive ketones (excluding diaryl/α,β-unsaturated/α-hetero) is 2. The number of halogens is 1. The van der Waals surface area contributed by atoms with E-state index in [1.54, 1.807) is 45.9 Å². The Labute approximate surface area is 147 Å². The average molecular weight is 351 g/mol. The molecule has 5 nitrogen and oxygen atoms in total. The van der Waals surface area contributed by atoms with Gasteiger partial charge < -0.3 is 10.6 Å². The Morgan fingerprint density at radius 3 is 2.04 bits per heavy atom. The lowest BCUT2D eigenvalue weighted by molar-refractivity contribution is -0.124. The van der Waals surface area contributed by atoms with Crippen molar-refractivity contribution < 1.29 is 14.4 Å². The highest BCUT2D eigenvalue weighted by atomic mass is 35.5. The first kappa shape index (κ1) is 19.9. The molecule has 0 aliphatic rings. The summed E-state index contributed by atoms with van der Waals surface area (Å²) in [5.74, 6) is -1.38. The molecule has 0 aliphatic carbocycles. The van der Waals surface area contributed by atoms with Gasteiger partial charge >= 0.3 is 0 Å². The highest BCUT2D eigenvalue weighted by Crippen LogP contribution is 2.26. The molecule has 1 aromatic carbocycles. The standard InChI is InChI=1S/C18H23ClN2O3/c1-10(2)16(22)13(17(23)11(3)4)9-21-14-8-6-7-12(15(14)19)18(24)20-5/h6-11,21H,1-5H3,(H,20,24). The largest absolute Gasteiger partial charge is 0.360 e. The minimum atomic E-state index is -0.315. The Bertz CT molecular complexity index is 657. The van der Waals surface area contributed by atoms with E-state index < -0.39 is 0 Å². The van der Waals surface area contributed by atoms with Gasteiger partial charge in [0.1, 0.15) is 0 Å². The van der Waals surface area contributed by atoms with Crippen molar-refractivity contribution in [3.8, 4) is 0 Å². The molecule has 0 atom stereocenters. The molecule has 0 aromatic heterocycles. The Balaban J connectivity index is 3.21. The highest BCUT2D eigenvalue weighted by Gasteiger charge is 2.23. The molecule has 0 unspecified atom stereocenters. The monoisotopic (exact) mass is 350 g/mol. The molecule has 6 heteroatoms. The van der Waals surface area contributed by atoms with E-state index >= 15 is 0 Å². The first-order valence-electron chi connectivity index (χ1n) is 7.76. The van der Waals surface area contributed by atoms with Crippen molar-refractivity contribution in [2.24, 2.45) is 11.8 Å². The summed E-state index contributed by atoms with van der Waals surface area (Å²) < 4.78 is 0. The van der Waals surface area contributed by atoms with E-state index in [1.165, 1.54) is 13.2 Å². The maximum absolute atomic E-state index is 12.3. The second-order valence-electron chi connectivity index (χ2n) is 5.99. The molecule has 1 amide bonds. The molecule has 0 saturated heterocycles. The van der Waals surface area contributed by atoms with Gasteiger partial charge in [0.2, 0.25) is 0 Å². The van der Waals surface area contributed by atoms with E-state index in [0.29, 0.717) is 11.3 Å². The second kappa shape index (κ2) is 8.64. The summed E-state index contributed by atoms with van der Waals surface area (Å²) in [4.78, 5) is 36.4. The summed E-state index contributed by atoms with van der Waals surface area (Å²) in [6.45, 7) is 6.96. The number of carbonyl (C=O) groups excluding carboxylic acids is 3. The number of hydrogen-bond acceptors (Lipinski definition) is 4. The first-order chi connectivity index (χ1) is 11.2. The molecule has 24 heavy (non-hydrogen) atoms. The van der Waals surface area contributed by atoms with E-state index in [1.807, 2.05) is 0 Å². The number of allylic oxidation sites excluding steroid dienone is 1. The van der Waals surface area contributed by atoms with Gasteiger partial charge in [0.05, 0.1) is 21.8 Å². The lowest BCUT2D eigenvalue weighted by Gasteiger charge is -2.13. The summed E-state index contributed by atoms with van der Waals surface area (Å²) >= 11 is 6.23. The maximum Gasteiger partial charge on any atom is 0.252 e. The summed E-state index contributed by atoms with van der Waals surface area (Å²) in [5.41, 5.74) is 0.856. The van der Waals surface area contributed by atoms with Crippen molar-refractivity contribution >= 4 is 34.8 Å². The number of amides is 1. The van der Waals surface area contributed by atoms with Gasteiger partial charge in [0.25, 0.3) is 5.91 Å². The van der Waals surface area contributed by atoms with Crippen LogP contribution in [0.25, 0.3) is 0 Å². The molecular weight excluding hydrogens is 328 g/mol. The van der Waals surface area contributed by atoms with E-state index in [9.17, 15) is 14.4 Å². The van der Waals surface area contributed by atoms with Crippen molar-refractivity contribution in [2.45, 2.75) is 27.7 Å². The number of ketones is 2. The molecular formula is C18H23ClN2O3.